The Morgan fingerprint density at radius 3 is 2.76 bits per heavy atom. The number of aromatic nitrogens is 2. The third kappa shape index (κ3) is 2.42. The van der Waals surface area contributed by atoms with Crippen molar-refractivity contribution < 1.29 is 9.53 Å². The number of nitrogens with zero attached hydrogens (tertiary/aromatic N) is 2. The monoisotopic (exact) mass is 252 g/mol. The normalized spacial score (nSPS) is 11.8. The maximum absolute atomic E-state index is 11.9. The van der Waals surface area contributed by atoms with E-state index in [-0.39, 0.29) is 0 Å². The van der Waals surface area contributed by atoms with Gasteiger partial charge in [-0.3, -0.25) is 0 Å². The summed E-state index contributed by atoms with van der Waals surface area (Å²) in [5, 5.41) is 1.30. The summed E-state index contributed by atoms with van der Waals surface area (Å²) in [4.78, 5) is 16.0. The van der Waals surface area contributed by atoms with Gasteiger partial charge in [0.15, 0.2) is 5.65 Å². The summed E-state index contributed by atoms with van der Waals surface area (Å²) in [6.45, 7) is 5.45. The summed E-state index contributed by atoms with van der Waals surface area (Å²) < 4.78 is 6.62. The minimum atomic E-state index is -0.535. The van der Waals surface area contributed by atoms with Gasteiger partial charge in [0.05, 0.1) is 5.02 Å². The zero-order valence-electron chi connectivity index (χ0n) is 9.90. The second-order valence-corrected chi connectivity index (χ2v) is 5.10. The maximum Gasteiger partial charge on any atom is 0.420 e. The van der Waals surface area contributed by atoms with Crippen LogP contribution in [0.1, 0.15) is 20.8 Å². The van der Waals surface area contributed by atoms with Crippen LogP contribution in [0.15, 0.2) is 24.5 Å². The van der Waals surface area contributed by atoms with Gasteiger partial charge in [-0.05, 0) is 32.9 Å². The van der Waals surface area contributed by atoms with Gasteiger partial charge in [0.1, 0.15) is 5.60 Å². The Labute approximate surface area is 104 Å². The minimum Gasteiger partial charge on any atom is -0.443 e. The highest BCUT2D eigenvalue weighted by atomic mass is 35.5. The Bertz CT molecular complexity index is 569. The SMILES string of the molecule is CC(C)(C)OC(=O)n1ccc2c(Cl)ccnc21. The van der Waals surface area contributed by atoms with E-state index in [0.717, 1.165) is 5.39 Å². The molecule has 5 heteroatoms. The third-order valence-corrected chi connectivity index (χ3v) is 2.45. The Kier molecular flexibility index (Phi) is 2.83. The maximum atomic E-state index is 11.9. The van der Waals surface area contributed by atoms with Crippen LogP contribution < -0.4 is 0 Å². The van der Waals surface area contributed by atoms with Gasteiger partial charge in [-0.15, -0.1) is 0 Å². The summed E-state index contributed by atoms with van der Waals surface area (Å²) in [7, 11) is 0. The largest absolute Gasteiger partial charge is 0.443 e. The molecule has 2 aromatic heterocycles. The predicted octanol–water partition coefficient (Wildman–Crippen LogP) is 3.47. The number of ether oxygens (including phenoxy) is 1. The first-order valence-corrected chi connectivity index (χ1v) is 5.61. The molecular weight excluding hydrogens is 240 g/mol. The molecule has 0 amide bonds. The first-order chi connectivity index (χ1) is 7.88. The van der Waals surface area contributed by atoms with Crippen LogP contribution in [-0.4, -0.2) is 21.2 Å². The molecule has 2 rings (SSSR count). The first kappa shape index (κ1) is 11.9. The van der Waals surface area contributed by atoms with Crippen LogP contribution in [0.25, 0.3) is 11.0 Å². The van der Waals surface area contributed by atoms with Crippen molar-refractivity contribution in [3.8, 4) is 0 Å². The van der Waals surface area contributed by atoms with E-state index in [1.807, 2.05) is 20.8 Å². The van der Waals surface area contributed by atoms with Gasteiger partial charge in [-0.2, -0.15) is 0 Å². The Morgan fingerprint density at radius 1 is 1.41 bits per heavy atom. The fourth-order valence-electron chi connectivity index (χ4n) is 1.46. The van der Waals surface area contributed by atoms with Crippen molar-refractivity contribution in [1.29, 1.82) is 0 Å². The lowest BCUT2D eigenvalue weighted by atomic mass is 10.2. The fraction of sp³-hybridized carbons (Fsp3) is 0.333. The lowest BCUT2D eigenvalue weighted by Gasteiger charge is -2.19. The number of carbonyl (C=O) groups is 1. The molecule has 4 nitrogen and oxygen atoms in total. The molecule has 0 N–H and O–H groups in total. The molecule has 0 bridgehead atoms. The highest BCUT2D eigenvalue weighted by molar-refractivity contribution is 6.35. The molecule has 2 heterocycles. The molecule has 0 radical (unpaired) electrons. The molecule has 2 aromatic rings. The van der Waals surface area contributed by atoms with E-state index >= 15 is 0 Å². The van der Waals surface area contributed by atoms with E-state index in [0.29, 0.717) is 10.7 Å². The first-order valence-electron chi connectivity index (χ1n) is 5.23. The molecule has 0 aliphatic carbocycles. The molecule has 0 aromatic carbocycles. The summed E-state index contributed by atoms with van der Waals surface area (Å²) >= 11 is 6.00. The average molecular weight is 253 g/mol. The van der Waals surface area contributed by atoms with Gasteiger partial charge in [0.2, 0.25) is 0 Å². The van der Waals surface area contributed by atoms with Gasteiger partial charge < -0.3 is 4.74 Å². The second kappa shape index (κ2) is 4.04. The number of hydrogen-bond donors (Lipinski definition) is 0. The van der Waals surface area contributed by atoms with Crippen molar-refractivity contribution in [1.82, 2.24) is 9.55 Å². The molecular formula is C12H13ClN2O2. The summed E-state index contributed by atoms with van der Waals surface area (Å²) in [5.74, 6) is 0. The zero-order chi connectivity index (χ0) is 12.6. The van der Waals surface area contributed by atoms with Gasteiger partial charge >= 0.3 is 6.09 Å². The smallest absolute Gasteiger partial charge is 0.420 e. The fourth-order valence-corrected chi connectivity index (χ4v) is 1.67. The summed E-state index contributed by atoms with van der Waals surface area (Å²) in [6.07, 6.45) is 2.71. The van der Waals surface area contributed by atoms with Gasteiger partial charge in [0, 0.05) is 17.8 Å². The van der Waals surface area contributed by atoms with Crippen molar-refractivity contribution in [3.63, 3.8) is 0 Å². The van der Waals surface area contributed by atoms with Crippen LogP contribution in [0.4, 0.5) is 4.79 Å². The van der Waals surface area contributed by atoms with Gasteiger partial charge in [0.25, 0.3) is 0 Å². The molecule has 0 saturated carbocycles. The van der Waals surface area contributed by atoms with E-state index in [1.165, 1.54) is 4.57 Å². The molecule has 0 unspecified atom stereocenters. The average Bonchev–Trinajstić information content (AvgIpc) is 2.60. The van der Waals surface area contributed by atoms with Crippen molar-refractivity contribution in [3.05, 3.63) is 29.5 Å². The highest BCUT2D eigenvalue weighted by Crippen LogP contribution is 2.23. The zero-order valence-corrected chi connectivity index (χ0v) is 10.7. The molecule has 0 aliphatic rings. The van der Waals surface area contributed by atoms with Crippen molar-refractivity contribution >= 4 is 28.7 Å². The Balaban J connectivity index is 2.43. The number of rotatable bonds is 0. The number of carbonyl (C=O) groups excluding carboxylic acids is 1. The van der Waals surface area contributed by atoms with Crippen LogP contribution in [-0.2, 0) is 4.74 Å². The van der Waals surface area contributed by atoms with E-state index in [9.17, 15) is 4.79 Å². The molecule has 0 saturated heterocycles. The van der Waals surface area contributed by atoms with Crippen LogP contribution in [0.5, 0.6) is 0 Å². The topological polar surface area (TPSA) is 44.1 Å². The third-order valence-electron chi connectivity index (χ3n) is 2.12. The lowest BCUT2D eigenvalue weighted by Crippen LogP contribution is -2.26. The van der Waals surface area contributed by atoms with E-state index < -0.39 is 11.7 Å². The van der Waals surface area contributed by atoms with E-state index in [4.69, 9.17) is 16.3 Å². The van der Waals surface area contributed by atoms with Crippen LogP contribution in [0.3, 0.4) is 0 Å². The van der Waals surface area contributed by atoms with E-state index in [2.05, 4.69) is 4.98 Å². The molecule has 17 heavy (non-hydrogen) atoms. The summed E-state index contributed by atoms with van der Waals surface area (Å²) in [6, 6.07) is 3.43. The molecule has 0 fully saturated rings. The standard InChI is InChI=1S/C12H13ClN2O2/c1-12(2,3)17-11(16)15-7-5-8-9(13)4-6-14-10(8)15/h4-7H,1-3H3. The highest BCUT2D eigenvalue weighted by Gasteiger charge is 2.19. The Hall–Kier alpha value is -1.55. The van der Waals surface area contributed by atoms with Crippen molar-refractivity contribution in [2.75, 3.05) is 0 Å². The number of pyridine rings is 1. The van der Waals surface area contributed by atoms with E-state index in [1.54, 1.807) is 24.5 Å². The van der Waals surface area contributed by atoms with Gasteiger partial charge in [-0.1, -0.05) is 11.6 Å². The number of fused-ring (bicyclic) bond motifs is 1. The van der Waals surface area contributed by atoms with Crippen LogP contribution in [0.2, 0.25) is 5.02 Å². The number of hydrogen-bond acceptors (Lipinski definition) is 3. The van der Waals surface area contributed by atoms with Crippen LogP contribution in [0, 0.1) is 0 Å². The number of halogens is 1. The van der Waals surface area contributed by atoms with Crippen molar-refractivity contribution in [2.45, 2.75) is 26.4 Å². The molecule has 0 spiro atoms. The summed E-state index contributed by atoms with van der Waals surface area (Å²) in [5.41, 5.74) is -0.0292. The molecule has 0 atom stereocenters. The van der Waals surface area contributed by atoms with Crippen molar-refractivity contribution in [2.24, 2.45) is 0 Å². The van der Waals surface area contributed by atoms with Crippen LogP contribution >= 0.6 is 11.6 Å². The Morgan fingerprint density at radius 2 is 2.12 bits per heavy atom. The minimum absolute atomic E-state index is 0.456. The lowest BCUT2D eigenvalue weighted by molar-refractivity contribution is 0.0543. The quantitative estimate of drug-likeness (QED) is 0.721. The predicted molar refractivity (Wildman–Crippen MR) is 66.4 cm³/mol. The molecule has 90 valence electrons. The molecule has 0 aliphatic heterocycles. The van der Waals surface area contributed by atoms with Gasteiger partial charge in [-0.25, -0.2) is 14.3 Å². The second-order valence-electron chi connectivity index (χ2n) is 4.70.